The maximum Gasteiger partial charge on any atom is 0.261 e. The summed E-state index contributed by atoms with van der Waals surface area (Å²) < 4.78 is 5.40. The standard InChI is InChI=1S/C12H13ClN2O2/c1-8(7-14)15-12(16)9(2)17-11-5-3-4-10(13)6-11/h3-6,8-9H,1-2H3,(H,15,16). The predicted molar refractivity (Wildman–Crippen MR) is 64.8 cm³/mol. The highest BCUT2D eigenvalue weighted by Crippen LogP contribution is 2.18. The molecule has 2 unspecified atom stereocenters. The molecule has 0 aliphatic rings. The van der Waals surface area contributed by atoms with E-state index in [0.717, 1.165) is 0 Å². The first-order valence-electron chi connectivity index (χ1n) is 5.15. The summed E-state index contributed by atoms with van der Waals surface area (Å²) >= 11 is 5.79. The van der Waals surface area contributed by atoms with Crippen molar-refractivity contribution in [1.82, 2.24) is 5.32 Å². The van der Waals surface area contributed by atoms with Crippen molar-refractivity contribution >= 4 is 17.5 Å². The van der Waals surface area contributed by atoms with Gasteiger partial charge in [0.25, 0.3) is 5.91 Å². The minimum Gasteiger partial charge on any atom is -0.481 e. The van der Waals surface area contributed by atoms with Gasteiger partial charge in [0.05, 0.1) is 6.07 Å². The van der Waals surface area contributed by atoms with Crippen molar-refractivity contribution in [3.05, 3.63) is 29.3 Å². The van der Waals surface area contributed by atoms with E-state index < -0.39 is 12.1 Å². The molecule has 1 rings (SSSR count). The minimum absolute atomic E-state index is 0.334. The molecule has 0 saturated carbocycles. The third-order valence-electron chi connectivity index (χ3n) is 2.03. The third kappa shape index (κ3) is 4.33. The van der Waals surface area contributed by atoms with Gasteiger partial charge < -0.3 is 10.1 Å². The van der Waals surface area contributed by atoms with Gasteiger partial charge in [-0.1, -0.05) is 17.7 Å². The molecule has 0 aliphatic heterocycles. The van der Waals surface area contributed by atoms with Crippen molar-refractivity contribution in [2.45, 2.75) is 26.0 Å². The van der Waals surface area contributed by atoms with Crippen molar-refractivity contribution in [2.75, 3.05) is 0 Å². The Bertz CT molecular complexity index is 442. The van der Waals surface area contributed by atoms with Crippen LogP contribution >= 0.6 is 11.6 Å². The Hall–Kier alpha value is -1.73. The van der Waals surface area contributed by atoms with Gasteiger partial charge in [0.1, 0.15) is 11.8 Å². The second kappa shape index (κ2) is 6.12. The number of ether oxygens (including phenoxy) is 1. The van der Waals surface area contributed by atoms with Crippen molar-refractivity contribution in [3.8, 4) is 11.8 Å². The first kappa shape index (κ1) is 13.3. The lowest BCUT2D eigenvalue weighted by Crippen LogP contribution is -2.40. The van der Waals surface area contributed by atoms with Crippen LogP contribution in [-0.2, 0) is 4.79 Å². The summed E-state index contributed by atoms with van der Waals surface area (Å²) in [5.41, 5.74) is 0. The lowest BCUT2D eigenvalue weighted by atomic mass is 10.3. The minimum atomic E-state index is -0.677. The highest BCUT2D eigenvalue weighted by atomic mass is 35.5. The van der Waals surface area contributed by atoms with Gasteiger partial charge in [0.2, 0.25) is 0 Å². The molecule has 1 amide bonds. The summed E-state index contributed by atoms with van der Waals surface area (Å²) in [5.74, 6) is 0.184. The molecule has 0 radical (unpaired) electrons. The molecular formula is C12H13ClN2O2. The zero-order valence-electron chi connectivity index (χ0n) is 9.61. The van der Waals surface area contributed by atoms with Crippen LogP contribution in [0.5, 0.6) is 5.75 Å². The van der Waals surface area contributed by atoms with E-state index >= 15 is 0 Å². The van der Waals surface area contributed by atoms with E-state index in [-0.39, 0.29) is 5.91 Å². The summed E-state index contributed by atoms with van der Waals surface area (Å²) in [6, 6.07) is 8.17. The van der Waals surface area contributed by atoms with Crippen LogP contribution in [0.1, 0.15) is 13.8 Å². The van der Waals surface area contributed by atoms with Gasteiger partial charge in [0, 0.05) is 5.02 Å². The Morgan fingerprint density at radius 2 is 2.24 bits per heavy atom. The first-order chi connectivity index (χ1) is 8.02. The molecule has 1 N–H and O–H groups in total. The molecule has 2 atom stereocenters. The van der Waals surface area contributed by atoms with Crippen LogP contribution in [0.25, 0.3) is 0 Å². The topological polar surface area (TPSA) is 62.1 Å². The van der Waals surface area contributed by atoms with Crippen LogP contribution in [0, 0.1) is 11.3 Å². The molecule has 90 valence electrons. The summed E-state index contributed by atoms with van der Waals surface area (Å²) in [6.07, 6.45) is -0.677. The second-order valence-corrected chi connectivity index (χ2v) is 4.01. The molecule has 0 spiro atoms. The maximum atomic E-state index is 11.6. The molecule has 0 aromatic heterocycles. The Morgan fingerprint density at radius 3 is 2.82 bits per heavy atom. The van der Waals surface area contributed by atoms with Gasteiger partial charge in [-0.15, -0.1) is 0 Å². The molecule has 5 heteroatoms. The smallest absolute Gasteiger partial charge is 0.261 e. The van der Waals surface area contributed by atoms with Crippen molar-refractivity contribution in [3.63, 3.8) is 0 Å². The molecule has 17 heavy (non-hydrogen) atoms. The van der Waals surface area contributed by atoms with E-state index in [0.29, 0.717) is 10.8 Å². The van der Waals surface area contributed by atoms with Gasteiger partial charge in [-0.25, -0.2) is 0 Å². The molecule has 0 saturated heterocycles. The fourth-order valence-electron chi connectivity index (χ4n) is 1.16. The van der Waals surface area contributed by atoms with Gasteiger partial charge in [-0.05, 0) is 32.0 Å². The zero-order chi connectivity index (χ0) is 12.8. The number of amides is 1. The fraction of sp³-hybridized carbons (Fsp3) is 0.333. The van der Waals surface area contributed by atoms with E-state index in [9.17, 15) is 4.79 Å². The van der Waals surface area contributed by atoms with Gasteiger partial charge in [0.15, 0.2) is 6.10 Å². The van der Waals surface area contributed by atoms with E-state index in [2.05, 4.69) is 5.32 Å². The van der Waals surface area contributed by atoms with Crippen LogP contribution in [0.2, 0.25) is 5.02 Å². The monoisotopic (exact) mass is 252 g/mol. The lowest BCUT2D eigenvalue weighted by Gasteiger charge is -2.15. The third-order valence-corrected chi connectivity index (χ3v) is 2.27. The zero-order valence-corrected chi connectivity index (χ0v) is 10.4. The number of hydrogen-bond donors (Lipinski definition) is 1. The van der Waals surface area contributed by atoms with E-state index in [1.54, 1.807) is 38.1 Å². The lowest BCUT2D eigenvalue weighted by molar-refractivity contribution is -0.127. The molecule has 0 heterocycles. The highest BCUT2D eigenvalue weighted by Gasteiger charge is 2.16. The number of nitrogens with one attached hydrogen (secondary N) is 1. The van der Waals surface area contributed by atoms with Gasteiger partial charge >= 0.3 is 0 Å². The molecule has 0 bridgehead atoms. The van der Waals surface area contributed by atoms with Crippen LogP contribution in [0.15, 0.2) is 24.3 Å². The van der Waals surface area contributed by atoms with Crippen LogP contribution in [0.4, 0.5) is 0 Å². The number of rotatable bonds is 4. The molecule has 1 aromatic carbocycles. The van der Waals surface area contributed by atoms with Crippen LogP contribution < -0.4 is 10.1 Å². The van der Waals surface area contributed by atoms with Crippen molar-refractivity contribution < 1.29 is 9.53 Å². The number of nitriles is 1. The maximum absolute atomic E-state index is 11.6. The van der Waals surface area contributed by atoms with Gasteiger partial charge in [-0.3, -0.25) is 4.79 Å². The summed E-state index contributed by atoms with van der Waals surface area (Å²) in [7, 11) is 0. The van der Waals surface area contributed by atoms with Gasteiger partial charge in [-0.2, -0.15) is 5.26 Å². The fourth-order valence-corrected chi connectivity index (χ4v) is 1.34. The number of nitrogens with zero attached hydrogens (tertiary/aromatic N) is 1. The van der Waals surface area contributed by atoms with E-state index in [1.165, 1.54) is 0 Å². The molecule has 0 aliphatic carbocycles. The average Bonchev–Trinajstić information content (AvgIpc) is 2.28. The normalized spacial score (nSPS) is 13.3. The summed E-state index contributed by atoms with van der Waals surface area (Å²) in [4.78, 5) is 11.6. The van der Waals surface area contributed by atoms with E-state index in [1.807, 2.05) is 6.07 Å². The SMILES string of the molecule is CC(C#N)NC(=O)C(C)Oc1cccc(Cl)c1. The predicted octanol–water partition coefficient (Wildman–Crippen LogP) is 2.14. The second-order valence-electron chi connectivity index (χ2n) is 3.58. The quantitative estimate of drug-likeness (QED) is 0.893. The van der Waals surface area contributed by atoms with Crippen LogP contribution in [-0.4, -0.2) is 18.1 Å². The summed E-state index contributed by atoms with van der Waals surface area (Å²) in [6.45, 7) is 3.21. The number of halogens is 1. The van der Waals surface area contributed by atoms with Crippen LogP contribution in [0.3, 0.4) is 0 Å². The average molecular weight is 253 g/mol. The first-order valence-corrected chi connectivity index (χ1v) is 5.53. The Morgan fingerprint density at radius 1 is 1.53 bits per heavy atom. The number of carbonyl (C=O) groups excluding carboxylic acids is 1. The Balaban J connectivity index is 2.57. The highest BCUT2D eigenvalue weighted by molar-refractivity contribution is 6.30. The number of benzene rings is 1. The molecular weight excluding hydrogens is 240 g/mol. The van der Waals surface area contributed by atoms with Crippen molar-refractivity contribution in [1.29, 1.82) is 5.26 Å². The number of hydrogen-bond acceptors (Lipinski definition) is 3. The molecule has 4 nitrogen and oxygen atoms in total. The van der Waals surface area contributed by atoms with Crippen molar-refractivity contribution in [2.24, 2.45) is 0 Å². The Kier molecular flexibility index (Phi) is 4.80. The molecule has 1 aromatic rings. The Labute approximate surface area is 105 Å². The largest absolute Gasteiger partial charge is 0.481 e. The number of carbonyl (C=O) groups is 1. The summed E-state index contributed by atoms with van der Waals surface area (Å²) in [5, 5.41) is 11.6. The molecule has 0 fully saturated rings. The van der Waals surface area contributed by atoms with E-state index in [4.69, 9.17) is 21.6 Å².